The Morgan fingerprint density at radius 3 is 2.46 bits per heavy atom. The van der Waals surface area contributed by atoms with Crippen LogP contribution in [0.4, 0.5) is 5.69 Å². The van der Waals surface area contributed by atoms with Gasteiger partial charge in [-0.25, -0.2) is 4.79 Å². The highest BCUT2D eigenvalue weighted by Gasteiger charge is 2.41. The van der Waals surface area contributed by atoms with Crippen molar-refractivity contribution < 1.29 is 28.7 Å². The maximum absolute atomic E-state index is 13.8. The fraction of sp³-hybridized carbons (Fsp3) is 0.400. The zero-order valence-corrected chi connectivity index (χ0v) is 22.1. The molecular weight excluding hydrogens is 500 g/mol. The van der Waals surface area contributed by atoms with Crippen LogP contribution in [0, 0.1) is 10.1 Å². The van der Waals surface area contributed by atoms with Crippen molar-refractivity contribution in [3.63, 3.8) is 0 Å². The standard InChI is InChI=1S/C30H32N2O7/c1-3-37-23-12-8-19(9-13-23)21-15-25-29(26(33)16-21)28(20-6-10-22(11-7-20)32(35)36)27(18(2)31-25)30(34)39-17-24-5-4-14-38-24/h6-13,21,24,28,31H,3-5,14-17H2,1-2H3/t21-,24+,28-/m0/s1. The van der Waals surface area contributed by atoms with Crippen LogP contribution >= 0.6 is 0 Å². The predicted molar refractivity (Wildman–Crippen MR) is 143 cm³/mol. The largest absolute Gasteiger partial charge is 0.494 e. The van der Waals surface area contributed by atoms with E-state index in [-0.39, 0.29) is 36.5 Å². The summed E-state index contributed by atoms with van der Waals surface area (Å²) in [6.07, 6.45) is 2.50. The van der Waals surface area contributed by atoms with Gasteiger partial charge in [-0.1, -0.05) is 24.3 Å². The van der Waals surface area contributed by atoms with Crippen molar-refractivity contribution in [2.24, 2.45) is 0 Å². The molecule has 2 aliphatic heterocycles. The van der Waals surface area contributed by atoms with Crippen molar-refractivity contribution in [3.05, 3.63) is 92.3 Å². The Balaban J connectivity index is 1.48. The molecule has 0 amide bonds. The van der Waals surface area contributed by atoms with Gasteiger partial charge in [-0.2, -0.15) is 0 Å². The molecule has 3 aliphatic rings. The van der Waals surface area contributed by atoms with E-state index in [1.807, 2.05) is 31.2 Å². The van der Waals surface area contributed by atoms with Crippen LogP contribution in [0.2, 0.25) is 0 Å². The molecule has 0 saturated carbocycles. The molecule has 9 nitrogen and oxygen atoms in total. The number of hydrogen-bond acceptors (Lipinski definition) is 8. The molecule has 2 aromatic carbocycles. The lowest BCUT2D eigenvalue weighted by molar-refractivity contribution is -0.384. The third-order valence-corrected chi connectivity index (χ3v) is 7.57. The van der Waals surface area contributed by atoms with Gasteiger partial charge in [0.1, 0.15) is 12.4 Å². The number of nitro groups is 1. The summed E-state index contributed by atoms with van der Waals surface area (Å²) in [7, 11) is 0. The highest BCUT2D eigenvalue weighted by atomic mass is 16.6. The molecule has 1 saturated heterocycles. The molecule has 39 heavy (non-hydrogen) atoms. The van der Waals surface area contributed by atoms with E-state index in [2.05, 4.69) is 5.32 Å². The Bertz CT molecular complexity index is 1320. The first-order chi connectivity index (χ1) is 18.9. The van der Waals surface area contributed by atoms with Crippen LogP contribution in [0.25, 0.3) is 0 Å². The fourth-order valence-electron chi connectivity index (χ4n) is 5.69. The van der Waals surface area contributed by atoms with Crippen LogP contribution in [0.5, 0.6) is 5.75 Å². The molecule has 2 heterocycles. The lowest BCUT2D eigenvalue weighted by Gasteiger charge is -2.36. The smallest absolute Gasteiger partial charge is 0.336 e. The van der Waals surface area contributed by atoms with E-state index in [1.54, 1.807) is 19.1 Å². The molecule has 2 aromatic rings. The van der Waals surface area contributed by atoms with E-state index in [0.29, 0.717) is 42.0 Å². The van der Waals surface area contributed by atoms with Crippen molar-refractivity contribution in [2.45, 2.75) is 57.5 Å². The van der Waals surface area contributed by atoms with Crippen LogP contribution < -0.4 is 10.1 Å². The molecule has 1 fully saturated rings. The number of nitrogens with zero attached hydrogens (tertiary/aromatic N) is 1. The van der Waals surface area contributed by atoms with Crippen molar-refractivity contribution in [1.29, 1.82) is 0 Å². The summed E-state index contributed by atoms with van der Waals surface area (Å²) in [6, 6.07) is 13.8. The van der Waals surface area contributed by atoms with Gasteiger partial charge in [-0.05, 0) is 62.3 Å². The van der Waals surface area contributed by atoms with Gasteiger partial charge < -0.3 is 19.5 Å². The van der Waals surface area contributed by atoms with E-state index >= 15 is 0 Å². The molecule has 3 atom stereocenters. The number of allylic oxidation sites excluding steroid dienone is 3. The summed E-state index contributed by atoms with van der Waals surface area (Å²) < 4.78 is 16.8. The average molecular weight is 533 g/mol. The minimum Gasteiger partial charge on any atom is -0.494 e. The maximum atomic E-state index is 13.8. The summed E-state index contributed by atoms with van der Waals surface area (Å²) >= 11 is 0. The fourth-order valence-corrected chi connectivity index (χ4v) is 5.69. The van der Waals surface area contributed by atoms with Crippen LogP contribution in [0.15, 0.2) is 71.1 Å². The van der Waals surface area contributed by atoms with Gasteiger partial charge in [0.05, 0.1) is 23.2 Å². The second-order valence-electron chi connectivity index (χ2n) is 10.1. The number of ketones is 1. The van der Waals surface area contributed by atoms with Crippen LogP contribution in [0.1, 0.15) is 62.5 Å². The van der Waals surface area contributed by atoms with Gasteiger partial charge in [-0.3, -0.25) is 14.9 Å². The van der Waals surface area contributed by atoms with Gasteiger partial charge in [-0.15, -0.1) is 0 Å². The number of hydrogen-bond donors (Lipinski definition) is 1. The molecule has 1 aliphatic carbocycles. The van der Waals surface area contributed by atoms with Crippen molar-refractivity contribution in [1.82, 2.24) is 5.32 Å². The zero-order chi connectivity index (χ0) is 27.5. The lowest BCUT2D eigenvalue weighted by atomic mass is 9.71. The first-order valence-electron chi connectivity index (χ1n) is 13.4. The number of nitro benzene ring substituents is 1. The average Bonchev–Trinajstić information content (AvgIpc) is 3.45. The SMILES string of the molecule is CCOc1ccc([C@@H]2CC(=O)C3=C(C2)NC(C)=C(C(=O)OC[C@H]2CCCO2)[C@@H]3c2ccc([N+](=O)[O-])cc2)cc1. The van der Waals surface area contributed by atoms with Crippen molar-refractivity contribution >= 4 is 17.4 Å². The molecule has 0 aromatic heterocycles. The Hall–Kier alpha value is -3.98. The number of nitrogens with one attached hydrogen (secondary N) is 1. The normalized spacial score (nSPS) is 22.8. The number of ether oxygens (including phenoxy) is 3. The maximum Gasteiger partial charge on any atom is 0.336 e. The number of Topliss-reactive ketones (excluding diaryl/α,β-unsaturated/α-hetero) is 1. The zero-order valence-electron chi connectivity index (χ0n) is 22.1. The van der Waals surface area contributed by atoms with E-state index in [9.17, 15) is 19.7 Å². The third kappa shape index (κ3) is 5.59. The highest BCUT2D eigenvalue weighted by molar-refractivity contribution is 6.04. The molecule has 0 bridgehead atoms. The summed E-state index contributed by atoms with van der Waals surface area (Å²) in [5, 5.41) is 14.6. The van der Waals surface area contributed by atoms with Gasteiger partial charge in [0.2, 0.25) is 0 Å². The first-order valence-corrected chi connectivity index (χ1v) is 13.4. The second kappa shape index (κ2) is 11.4. The third-order valence-electron chi connectivity index (χ3n) is 7.57. The van der Waals surface area contributed by atoms with Crippen molar-refractivity contribution in [3.8, 4) is 5.75 Å². The van der Waals surface area contributed by atoms with Gasteiger partial charge >= 0.3 is 5.97 Å². The monoisotopic (exact) mass is 532 g/mol. The van der Waals surface area contributed by atoms with Crippen LogP contribution in [-0.4, -0.2) is 42.6 Å². The summed E-state index contributed by atoms with van der Waals surface area (Å²) in [6.45, 7) is 5.10. The lowest BCUT2D eigenvalue weighted by Crippen LogP contribution is -2.36. The minimum atomic E-state index is -0.687. The van der Waals surface area contributed by atoms with E-state index in [1.165, 1.54) is 12.1 Å². The molecule has 204 valence electrons. The second-order valence-corrected chi connectivity index (χ2v) is 10.1. The molecule has 0 spiro atoms. The number of esters is 1. The Kier molecular flexibility index (Phi) is 7.79. The highest BCUT2D eigenvalue weighted by Crippen LogP contribution is 2.46. The van der Waals surface area contributed by atoms with Gasteiger partial charge in [0.15, 0.2) is 5.78 Å². The predicted octanol–water partition coefficient (Wildman–Crippen LogP) is 5.08. The van der Waals surface area contributed by atoms with E-state index in [0.717, 1.165) is 29.9 Å². The number of dihydropyridines is 1. The minimum absolute atomic E-state index is 0.0299. The summed E-state index contributed by atoms with van der Waals surface area (Å²) in [4.78, 5) is 38.0. The molecular formula is C30H32N2O7. The van der Waals surface area contributed by atoms with Crippen molar-refractivity contribution in [2.75, 3.05) is 19.8 Å². The first kappa shape index (κ1) is 26.6. The van der Waals surface area contributed by atoms with Crippen LogP contribution in [-0.2, 0) is 19.1 Å². The molecule has 1 N–H and O–H groups in total. The number of carbonyl (C=O) groups is 2. The van der Waals surface area contributed by atoms with Gasteiger partial charge in [0.25, 0.3) is 5.69 Å². The van der Waals surface area contributed by atoms with E-state index in [4.69, 9.17) is 14.2 Å². The molecule has 0 unspecified atom stereocenters. The Morgan fingerprint density at radius 2 is 1.82 bits per heavy atom. The molecule has 5 rings (SSSR count). The number of benzene rings is 2. The number of carbonyl (C=O) groups excluding carboxylic acids is 2. The summed E-state index contributed by atoms with van der Waals surface area (Å²) in [5.41, 5.74) is 3.84. The van der Waals surface area contributed by atoms with Gasteiger partial charge in [0, 0.05) is 48.0 Å². The Morgan fingerprint density at radius 1 is 1.10 bits per heavy atom. The molecule has 0 radical (unpaired) electrons. The Labute approximate surface area is 227 Å². The number of rotatable bonds is 8. The number of non-ortho nitro benzene ring substituents is 1. The quantitative estimate of drug-likeness (QED) is 0.284. The topological polar surface area (TPSA) is 117 Å². The molecule has 9 heteroatoms. The van der Waals surface area contributed by atoms with E-state index < -0.39 is 16.8 Å². The summed E-state index contributed by atoms with van der Waals surface area (Å²) in [5.74, 6) is -0.525. The van der Waals surface area contributed by atoms with Crippen LogP contribution in [0.3, 0.4) is 0 Å².